The van der Waals surface area contributed by atoms with E-state index >= 15 is 0 Å². The van der Waals surface area contributed by atoms with Gasteiger partial charge in [-0.15, -0.1) is 0 Å². The van der Waals surface area contributed by atoms with Crippen molar-refractivity contribution in [2.75, 3.05) is 0 Å². The maximum absolute atomic E-state index is 9.70. The lowest BCUT2D eigenvalue weighted by Crippen LogP contribution is -2.22. The molecule has 0 aliphatic carbocycles. The molecule has 1 N–H and O–H groups in total. The van der Waals surface area contributed by atoms with E-state index in [4.69, 9.17) is 0 Å². The molecule has 1 nitrogen and oxygen atoms in total. The van der Waals surface area contributed by atoms with E-state index in [9.17, 15) is 5.11 Å². The SMILES string of the molecule is [CH2]C(C)C(CCCCCCCCCCCCC)C(C)O. The lowest BCUT2D eigenvalue weighted by molar-refractivity contribution is 0.0966. The van der Waals surface area contributed by atoms with Gasteiger partial charge in [0.1, 0.15) is 0 Å². The minimum atomic E-state index is -0.203. The highest BCUT2D eigenvalue weighted by atomic mass is 16.3. The van der Waals surface area contributed by atoms with Gasteiger partial charge in [-0.2, -0.15) is 0 Å². The fourth-order valence-corrected chi connectivity index (χ4v) is 3.05. The van der Waals surface area contributed by atoms with Gasteiger partial charge in [-0.1, -0.05) is 91.4 Å². The quantitative estimate of drug-likeness (QED) is 0.379. The zero-order valence-corrected chi connectivity index (χ0v) is 14.4. The van der Waals surface area contributed by atoms with Crippen molar-refractivity contribution in [2.24, 2.45) is 11.8 Å². The van der Waals surface area contributed by atoms with Crippen LogP contribution in [0.1, 0.15) is 97.8 Å². The van der Waals surface area contributed by atoms with Crippen LogP contribution in [0, 0.1) is 18.8 Å². The summed E-state index contributed by atoms with van der Waals surface area (Å²) in [5.74, 6) is 0.742. The van der Waals surface area contributed by atoms with Crippen LogP contribution in [0.15, 0.2) is 0 Å². The first kappa shape index (κ1) is 20.0. The second kappa shape index (κ2) is 13.9. The Kier molecular flexibility index (Phi) is 13.9. The zero-order valence-electron chi connectivity index (χ0n) is 14.4. The van der Waals surface area contributed by atoms with Crippen LogP contribution in [-0.2, 0) is 0 Å². The molecule has 0 aromatic heterocycles. The average molecular weight is 284 g/mol. The predicted octanol–water partition coefficient (Wildman–Crippen LogP) is 6.15. The summed E-state index contributed by atoms with van der Waals surface area (Å²) < 4.78 is 0. The fraction of sp³-hybridized carbons (Fsp3) is 0.947. The molecule has 0 saturated carbocycles. The van der Waals surface area contributed by atoms with Gasteiger partial charge in [-0.25, -0.2) is 0 Å². The molecule has 0 aromatic carbocycles. The highest BCUT2D eigenvalue weighted by Crippen LogP contribution is 2.22. The van der Waals surface area contributed by atoms with E-state index in [-0.39, 0.29) is 6.10 Å². The Morgan fingerprint density at radius 3 is 1.50 bits per heavy atom. The second-order valence-electron chi connectivity index (χ2n) is 6.71. The Labute approximate surface area is 128 Å². The van der Waals surface area contributed by atoms with Gasteiger partial charge in [-0.05, 0) is 25.2 Å². The van der Waals surface area contributed by atoms with Crippen molar-refractivity contribution >= 4 is 0 Å². The van der Waals surface area contributed by atoms with E-state index < -0.39 is 0 Å². The fourth-order valence-electron chi connectivity index (χ4n) is 3.05. The largest absolute Gasteiger partial charge is 0.393 e. The van der Waals surface area contributed by atoms with E-state index in [0.717, 1.165) is 6.42 Å². The van der Waals surface area contributed by atoms with Gasteiger partial charge in [0.2, 0.25) is 0 Å². The first-order valence-electron chi connectivity index (χ1n) is 9.10. The second-order valence-corrected chi connectivity index (χ2v) is 6.71. The van der Waals surface area contributed by atoms with E-state index in [1.54, 1.807) is 0 Å². The number of hydrogen-bond donors (Lipinski definition) is 1. The van der Waals surface area contributed by atoms with E-state index in [0.29, 0.717) is 11.8 Å². The molecule has 0 amide bonds. The maximum atomic E-state index is 9.70. The highest BCUT2D eigenvalue weighted by molar-refractivity contribution is 4.72. The van der Waals surface area contributed by atoms with Crippen LogP contribution in [0.4, 0.5) is 0 Å². The van der Waals surface area contributed by atoms with Crippen LogP contribution < -0.4 is 0 Å². The molecule has 3 atom stereocenters. The standard InChI is InChI=1S/C19H39O/c1-5-6-7-8-9-10-11-12-13-14-15-16-19(17(2)3)18(4)20/h17-20H,2,5-16H2,1,3-4H3. The predicted molar refractivity (Wildman–Crippen MR) is 90.8 cm³/mol. The van der Waals surface area contributed by atoms with Crippen molar-refractivity contribution in [3.05, 3.63) is 6.92 Å². The molecule has 0 saturated heterocycles. The summed E-state index contributed by atoms with van der Waals surface area (Å²) >= 11 is 0. The molecule has 121 valence electrons. The first-order chi connectivity index (χ1) is 9.59. The lowest BCUT2D eigenvalue weighted by Gasteiger charge is -2.23. The maximum Gasteiger partial charge on any atom is 0.0542 e. The summed E-state index contributed by atoms with van der Waals surface area (Å²) in [6, 6.07) is 0. The molecule has 1 radical (unpaired) electrons. The highest BCUT2D eigenvalue weighted by Gasteiger charge is 2.17. The number of unbranched alkanes of at least 4 members (excludes halogenated alkanes) is 10. The smallest absolute Gasteiger partial charge is 0.0542 e. The summed E-state index contributed by atoms with van der Waals surface area (Å²) in [7, 11) is 0. The van der Waals surface area contributed by atoms with Crippen LogP contribution in [0.3, 0.4) is 0 Å². The molecular formula is C19H39O. The number of hydrogen-bond acceptors (Lipinski definition) is 1. The van der Waals surface area contributed by atoms with Crippen molar-refractivity contribution in [3.63, 3.8) is 0 Å². The minimum absolute atomic E-state index is 0.203. The lowest BCUT2D eigenvalue weighted by atomic mass is 9.86. The Balaban J connectivity index is 3.27. The molecule has 0 fully saturated rings. The molecule has 0 spiro atoms. The molecule has 3 unspecified atom stereocenters. The Morgan fingerprint density at radius 2 is 1.15 bits per heavy atom. The van der Waals surface area contributed by atoms with Crippen LogP contribution in [0.2, 0.25) is 0 Å². The van der Waals surface area contributed by atoms with E-state index in [1.165, 1.54) is 70.6 Å². The molecule has 20 heavy (non-hydrogen) atoms. The molecule has 0 aliphatic heterocycles. The molecule has 0 heterocycles. The minimum Gasteiger partial charge on any atom is -0.393 e. The monoisotopic (exact) mass is 283 g/mol. The molecule has 0 aromatic rings. The number of aliphatic hydroxyl groups is 1. The summed E-state index contributed by atoms with van der Waals surface area (Å²) in [6.07, 6.45) is 16.2. The normalized spacial score (nSPS) is 14.7. The molecule has 1 heteroatoms. The van der Waals surface area contributed by atoms with Crippen molar-refractivity contribution < 1.29 is 5.11 Å². The van der Waals surface area contributed by atoms with Crippen molar-refractivity contribution in [2.45, 2.75) is 104 Å². The van der Waals surface area contributed by atoms with Gasteiger partial charge in [0.05, 0.1) is 6.10 Å². The summed E-state index contributed by atoms with van der Waals surface area (Å²) in [6.45, 7) is 10.4. The Hall–Kier alpha value is -0.0400. The van der Waals surface area contributed by atoms with Gasteiger partial charge in [0, 0.05) is 0 Å². The van der Waals surface area contributed by atoms with Gasteiger partial charge in [-0.3, -0.25) is 0 Å². The summed E-state index contributed by atoms with van der Waals surface area (Å²) in [4.78, 5) is 0. The van der Waals surface area contributed by atoms with Gasteiger partial charge >= 0.3 is 0 Å². The number of rotatable bonds is 14. The number of aliphatic hydroxyl groups excluding tert-OH is 1. The Bertz CT molecular complexity index is 178. The van der Waals surface area contributed by atoms with Crippen molar-refractivity contribution in [1.82, 2.24) is 0 Å². The van der Waals surface area contributed by atoms with Crippen molar-refractivity contribution in [1.29, 1.82) is 0 Å². The topological polar surface area (TPSA) is 20.2 Å². The first-order valence-corrected chi connectivity index (χ1v) is 9.10. The van der Waals surface area contributed by atoms with Crippen molar-refractivity contribution in [3.8, 4) is 0 Å². The average Bonchev–Trinajstić information content (AvgIpc) is 2.39. The van der Waals surface area contributed by atoms with Crippen LogP contribution in [0.5, 0.6) is 0 Å². The third-order valence-electron chi connectivity index (χ3n) is 4.49. The molecule has 0 aliphatic rings. The van der Waals surface area contributed by atoms with Crippen LogP contribution in [-0.4, -0.2) is 11.2 Å². The van der Waals surface area contributed by atoms with E-state index in [1.807, 2.05) is 6.92 Å². The molecule has 0 rings (SSSR count). The third kappa shape index (κ3) is 11.8. The van der Waals surface area contributed by atoms with Crippen LogP contribution in [0.25, 0.3) is 0 Å². The van der Waals surface area contributed by atoms with Gasteiger partial charge in [0.25, 0.3) is 0 Å². The van der Waals surface area contributed by atoms with Gasteiger partial charge < -0.3 is 5.11 Å². The third-order valence-corrected chi connectivity index (χ3v) is 4.49. The molecular weight excluding hydrogens is 244 g/mol. The summed E-state index contributed by atoms with van der Waals surface area (Å²) in [5.41, 5.74) is 0. The van der Waals surface area contributed by atoms with E-state index in [2.05, 4.69) is 20.8 Å². The van der Waals surface area contributed by atoms with Crippen LogP contribution >= 0.6 is 0 Å². The molecule has 0 bridgehead atoms. The van der Waals surface area contributed by atoms with Gasteiger partial charge in [0.15, 0.2) is 0 Å². The Morgan fingerprint density at radius 1 is 0.750 bits per heavy atom. The zero-order chi connectivity index (χ0) is 15.2. The summed E-state index contributed by atoms with van der Waals surface area (Å²) in [5, 5.41) is 9.70.